The molecule has 6 heteroatoms. The molecule has 3 aliphatic rings. The molecule has 4 nitrogen and oxygen atoms in total. The molecule has 0 aliphatic carbocycles. The van der Waals surface area contributed by atoms with Crippen molar-refractivity contribution in [2.45, 2.75) is 45.6 Å². The normalized spacial score (nSPS) is 21.8. The molecule has 0 bridgehead atoms. The van der Waals surface area contributed by atoms with Gasteiger partial charge in [0.05, 0.1) is 0 Å². The van der Waals surface area contributed by atoms with Crippen LogP contribution in [0, 0.1) is 0 Å². The summed E-state index contributed by atoms with van der Waals surface area (Å²) < 4.78 is 7.00. The van der Waals surface area contributed by atoms with Crippen LogP contribution >= 0.6 is 9.19 Å². The van der Waals surface area contributed by atoms with Crippen molar-refractivity contribution in [2.75, 3.05) is 47.7 Å². The average Bonchev–Trinajstić information content (AvgIpc) is 3.22. The summed E-state index contributed by atoms with van der Waals surface area (Å²) in [7, 11) is 6.78. The van der Waals surface area contributed by atoms with Crippen LogP contribution < -0.4 is 14.7 Å². The Hall–Kier alpha value is -1.56. The number of anilines is 3. The van der Waals surface area contributed by atoms with E-state index < -0.39 is 18.2 Å². The first-order chi connectivity index (χ1) is 16.0. The van der Waals surface area contributed by atoms with Crippen LogP contribution in [0.15, 0.2) is 42.5 Å². The first kappa shape index (κ1) is 23.2. The molecule has 33 heavy (non-hydrogen) atoms. The van der Waals surface area contributed by atoms with Crippen molar-refractivity contribution in [3.8, 4) is 0 Å². The summed E-state index contributed by atoms with van der Waals surface area (Å²) in [4.78, 5) is 7.62. The Morgan fingerprint density at radius 2 is 1.61 bits per heavy atom. The van der Waals surface area contributed by atoms with Crippen LogP contribution in [0.4, 0.5) is 17.1 Å². The fraction of sp³-hybridized carbons (Fsp3) is 0.444. The van der Waals surface area contributed by atoms with Gasteiger partial charge < -0.3 is 0 Å². The van der Waals surface area contributed by atoms with Gasteiger partial charge in [-0.05, 0) is 0 Å². The monoisotopic (exact) mass is 647 g/mol. The van der Waals surface area contributed by atoms with Crippen LogP contribution in [0.2, 0.25) is 0 Å². The van der Waals surface area contributed by atoms with Gasteiger partial charge in [-0.3, -0.25) is 0 Å². The zero-order chi connectivity index (χ0) is 23.1. The van der Waals surface area contributed by atoms with E-state index in [-0.39, 0.29) is 6.04 Å². The molecule has 0 aromatic heterocycles. The molecular formula is C27H33AuClN3O. The van der Waals surface area contributed by atoms with E-state index >= 15 is 0 Å². The summed E-state index contributed by atoms with van der Waals surface area (Å²) in [5.74, 6) is 0.910. The summed E-state index contributed by atoms with van der Waals surface area (Å²) in [6.45, 7) is 13.5. The summed E-state index contributed by atoms with van der Waals surface area (Å²) in [6, 6.07) is 13.7. The van der Waals surface area contributed by atoms with Crippen molar-refractivity contribution in [1.82, 2.24) is 0 Å². The number of morpholine rings is 1. The van der Waals surface area contributed by atoms with Crippen LogP contribution in [-0.2, 0) is 22.9 Å². The standard InChI is InChI=1S/C27H33N3O.Au.ClH/c1-19(2)23-8-6-9-24(20(3)4)27(23)29-17-22-12-11-21-7-5-10-25(26(21)30(22)18-29)28-13-15-31-16-14-28;;/h5-12,19-20,22H,13-16,18H2,1-4H3;;1H/q;+1;/p-1. The zero-order valence-electron chi connectivity index (χ0n) is 19.8. The zero-order valence-corrected chi connectivity index (χ0v) is 22.7. The molecule has 0 saturated carbocycles. The first-order valence-electron chi connectivity index (χ1n) is 11.9. The van der Waals surface area contributed by atoms with Gasteiger partial charge in [0.25, 0.3) is 0 Å². The maximum absolute atomic E-state index is 6.78. The number of hydrogen-bond acceptors (Lipinski definition) is 4. The molecule has 180 valence electrons. The third-order valence-electron chi connectivity index (χ3n) is 6.90. The van der Waals surface area contributed by atoms with Crippen LogP contribution in [0.1, 0.15) is 56.2 Å². The number of halogens is 1. The van der Waals surface area contributed by atoms with Crippen LogP contribution in [-0.4, -0.2) is 42.9 Å². The van der Waals surface area contributed by atoms with Gasteiger partial charge in [0.1, 0.15) is 0 Å². The van der Waals surface area contributed by atoms with Crippen LogP contribution in [0.25, 0.3) is 6.08 Å². The molecule has 0 N–H and O–H groups in total. The third-order valence-corrected chi connectivity index (χ3v) is 9.50. The van der Waals surface area contributed by atoms with Crippen molar-refractivity contribution in [1.29, 1.82) is 0 Å². The van der Waals surface area contributed by atoms with Gasteiger partial charge in [-0.15, -0.1) is 0 Å². The number of ether oxygens (including phenoxy) is 1. The molecule has 3 heterocycles. The first-order valence-corrected chi connectivity index (χ1v) is 15.6. The molecule has 1 unspecified atom stereocenters. The van der Waals surface area contributed by atoms with Crippen molar-refractivity contribution in [2.24, 2.45) is 0 Å². The summed E-state index contributed by atoms with van der Waals surface area (Å²) in [5, 5.41) is 0. The van der Waals surface area contributed by atoms with E-state index in [0.717, 1.165) is 33.0 Å². The van der Waals surface area contributed by atoms with Crippen molar-refractivity contribution >= 4 is 36.2 Å². The Kier molecular flexibility index (Phi) is 6.74. The van der Waals surface area contributed by atoms with E-state index in [1.165, 1.54) is 37.6 Å². The van der Waals surface area contributed by atoms with E-state index in [4.69, 9.17) is 13.9 Å². The van der Waals surface area contributed by atoms with Gasteiger partial charge >= 0.3 is 212 Å². The quantitative estimate of drug-likeness (QED) is 0.390. The predicted octanol–water partition coefficient (Wildman–Crippen LogP) is 5.82. The minimum absolute atomic E-state index is 0.221. The minimum atomic E-state index is -0.471. The summed E-state index contributed by atoms with van der Waals surface area (Å²) in [5.41, 5.74) is 8.16. The van der Waals surface area contributed by atoms with E-state index in [1.807, 2.05) is 0 Å². The molecule has 3 aliphatic heterocycles. The molecule has 5 rings (SSSR count). The van der Waals surface area contributed by atoms with Gasteiger partial charge in [-0.1, -0.05) is 0 Å². The molecule has 0 radical (unpaired) electrons. The number of rotatable bonds is 4. The number of nitrogens with zero attached hydrogens (tertiary/aromatic N) is 3. The predicted molar refractivity (Wildman–Crippen MR) is 138 cm³/mol. The Balaban J connectivity index is 1.62. The van der Waals surface area contributed by atoms with Gasteiger partial charge in [0, 0.05) is 0 Å². The molecule has 1 atom stereocenters. The third kappa shape index (κ3) is 4.11. The molecule has 0 spiro atoms. The van der Waals surface area contributed by atoms with E-state index in [0.29, 0.717) is 11.8 Å². The van der Waals surface area contributed by atoms with E-state index in [2.05, 4.69) is 90.9 Å². The number of hydrogen-bond donors (Lipinski definition) is 0. The number of fused-ring (bicyclic) bond motifs is 3. The SMILES string of the molecule is CC(C)c1cccc(C(C)C)c1N1CN2c3c(cccc3N3CCOCC3)C=CC2[C]1=[Au][Cl]. The Labute approximate surface area is 210 Å². The maximum atomic E-state index is 6.78. The average molecular weight is 648 g/mol. The van der Waals surface area contributed by atoms with Gasteiger partial charge in [0.15, 0.2) is 0 Å². The van der Waals surface area contributed by atoms with E-state index in [9.17, 15) is 0 Å². The molecule has 2 fully saturated rings. The van der Waals surface area contributed by atoms with Crippen LogP contribution in [0.5, 0.6) is 0 Å². The number of para-hydroxylation sites is 2. The molecule has 2 aromatic carbocycles. The van der Waals surface area contributed by atoms with Crippen molar-refractivity contribution in [3.05, 3.63) is 59.2 Å². The van der Waals surface area contributed by atoms with Crippen molar-refractivity contribution in [3.63, 3.8) is 0 Å². The van der Waals surface area contributed by atoms with Gasteiger partial charge in [-0.25, -0.2) is 0 Å². The van der Waals surface area contributed by atoms with Crippen LogP contribution in [0.3, 0.4) is 0 Å². The second kappa shape index (κ2) is 9.59. The summed E-state index contributed by atoms with van der Waals surface area (Å²) in [6.07, 6.45) is 4.66. The second-order valence-corrected chi connectivity index (χ2v) is 12.0. The van der Waals surface area contributed by atoms with E-state index in [1.54, 1.807) is 0 Å². The molecule has 2 aromatic rings. The Bertz CT molecular complexity index is 1060. The Morgan fingerprint density at radius 3 is 2.24 bits per heavy atom. The topological polar surface area (TPSA) is 19.0 Å². The molecular weight excluding hydrogens is 615 g/mol. The molecule has 0 amide bonds. The number of benzene rings is 2. The summed E-state index contributed by atoms with van der Waals surface area (Å²) >= 11 is -0.471. The molecule has 2 saturated heterocycles. The fourth-order valence-corrected chi connectivity index (χ4v) is 7.73. The fourth-order valence-electron chi connectivity index (χ4n) is 5.27. The Morgan fingerprint density at radius 1 is 0.939 bits per heavy atom. The van der Waals surface area contributed by atoms with Crippen molar-refractivity contribution < 1.29 is 22.9 Å². The van der Waals surface area contributed by atoms with Gasteiger partial charge in [0.2, 0.25) is 0 Å². The second-order valence-electron chi connectivity index (χ2n) is 9.59. The van der Waals surface area contributed by atoms with Gasteiger partial charge in [-0.2, -0.15) is 0 Å².